The molecule has 0 aliphatic heterocycles. The summed E-state index contributed by atoms with van der Waals surface area (Å²) in [7, 11) is 0. The van der Waals surface area contributed by atoms with Crippen LogP contribution in [0.15, 0.2) is 48.5 Å². The van der Waals surface area contributed by atoms with Gasteiger partial charge in [0.15, 0.2) is 0 Å². The molecular weight excluding hydrogens is 252 g/mol. The molecule has 1 aliphatic carbocycles. The molecule has 1 aliphatic rings. The Labute approximate surface area is 129 Å². The summed E-state index contributed by atoms with van der Waals surface area (Å²) in [5.74, 6) is 1.73. The van der Waals surface area contributed by atoms with E-state index in [1.54, 1.807) is 5.56 Å². The van der Waals surface area contributed by atoms with E-state index < -0.39 is 0 Å². The van der Waals surface area contributed by atoms with Gasteiger partial charge in [-0.05, 0) is 54.7 Å². The molecule has 0 spiro atoms. The van der Waals surface area contributed by atoms with E-state index in [-0.39, 0.29) is 0 Å². The molecule has 110 valence electrons. The van der Waals surface area contributed by atoms with E-state index in [9.17, 15) is 0 Å². The monoisotopic (exact) mass is 278 g/mol. The predicted molar refractivity (Wildman–Crippen MR) is 90.8 cm³/mol. The summed E-state index contributed by atoms with van der Waals surface area (Å²) < 4.78 is 0. The molecule has 0 atom stereocenters. The van der Waals surface area contributed by atoms with Crippen molar-refractivity contribution >= 4 is 0 Å². The average Bonchev–Trinajstić information content (AvgIpc) is 2.51. The molecule has 0 saturated heterocycles. The lowest BCUT2D eigenvalue weighted by Gasteiger charge is -2.26. The Morgan fingerprint density at radius 2 is 1.29 bits per heavy atom. The number of aryl methyl sites for hydroxylation is 1. The van der Waals surface area contributed by atoms with Crippen LogP contribution in [0.4, 0.5) is 0 Å². The van der Waals surface area contributed by atoms with Gasteiger partial charge >= 0.3 is 0 Å². The van der Waals surface area contributed by atoms with Gasteiger partial charge in [-0.1, -0.05) is 73.9 Å². The third-order valence-electron chi connectivity index (χ3n) is 5.00. The fourth-order valence-corrected chi connectivity index (χ4v) is 3.44. The highest BCUT2D eigenvalue weighted by Crippen LogP contribution is 2.35. The first kappa shape index (κ1) is 14.4. The topological polar surface area (TPSA) is 0 Å². The first-order valence-corrected chi connectivity index (χ1v) is 8.35. The second-order valence-electron chi connectivity index (χ2n) is 6.86. The third-order valence-corrected chi connectivity index (χ3v) is 5.00. The molecule has 0 heterocycles. The van der Waals surface area contributed by atoms with Gasteiger partial charge in [0.2, 0.25) is 0 Å². The van der Waals surface area contributed by atoms with Gasteiger partial charge in [0.1, 0.15) is 0 Å². The predicted octanol–water partition coefficient (Wildman–Crippen LogP) is 5.88. The van der Waals surface area contributed by atoms with E-state index >= 15 is 0 Å². The molecule has 0 bridgehead atoms. The minimum atomic E-state index is 0.801. The maximum Gasteiger partial charge on any atom is -0.00258 e. The molecule has 0 nitrogen and oxygen atoms in total. The molecule has 0 amide bonds. The fourth-order valence-electron chi connectivity index (χ4n) is 3.44. The fraction of sp³-hybridized carbons (Fsp3) is 0.429. The molecule has 1 saturated carbocycles. The van der Waals surface area contributed by atoms with Crippen molar-refractivity contribution in [3.8, 4) is 0 Å². The molecule has 0 heteroatoms. The number of hydrogen-bond donors (Lipinski definition) is 0. The van der Waals surface area contributed by atoms with Crippen LogP contribution in [0.25, 0.3) is 0 Å². The van der Waals surface area contributed by atoms with E-state index in [2.05, 4.69) is 62.4 Å². The van der Waals surface area contributed by atoms with Gasteiger partial charge < -0.3 is 0 Å². The molecule has 3 rings (SSSR count). The molecule has 1 fully saturated rings. The van der Waals surface area contributed by atoms with Crippen LogP contribution in [0, 0.1) is 12.8 Å². The van der Waals surface area contributed by atoms with Crippen LogP contribution in [0.3, 0.4) is 0 Å². The van der Waals surface area contributed by atoms with Crippen molar-refractivity contribution in [1.82, 2.24) is 0 Å². The lowest BCUT2D eigenvalue weighted by molar-refractivity contribution is 0.348. The minimum absolute atomic E-state index is 0.801. The Morgan fingerprint density at radius 3 is 1.86 bits per heavy atom. The highest BCUT2D eigenvalue weighted by Gasteiger charge is 2.19. The highest BCUT2D eigenvalue weighted by molar-refractivity contribution is 5.31. The highest BCUT2D eigenvalue weighted by atomic mass is 14.2. The number of rotatable bonds is 3. The van der Waals surface area contributed by atoms with E-state index in [1.165, 1.54) is 42.4 Å². The van der Waals surface area contributed by atoms with Crippen molar-refractivity contribution < 1.29 is 0 Å². The van der Waals surface area contributed by atoms with Crippen LogP contribution >= 0.6 is 0 Å². The van der Waals surface area contributed by atoms with Gasteiger partial charge in [0.25, 0.3) is 0 Å². The van der Waals surface area contributed by atoms with Gasteiger partial charge in [0, 0.05) is 0 Å². The van der Waals surface area contributed by atoms with E-state index in [4.69, 9.17) is 0 Å². The molecule has 2 aromatic carbocycles. The zero-order valence-electron chi connectivity index (χ0n) is 13.3. The van der Waals surface area contributed by atoms with Gasteiger partial charge in [-0.25, -0.2) is 0 Å². The SMILES string of the molecule is Cc1ccc(Cc2ccc(C3CCC(C)CC3)cc2)cc1. The molecule has 0 N–H and O–H groups in total. The van der Waals surface area contributed by atoms with E-state index in [1.807, 2.05) is 0 Å². The van der Waals surface area contributed by atoms with Crippen molar-refractivity contribution in [2.75, 3.05) is 0 Å². The van der Waals surface area contributed by atoms with Gasteiger partial charge in [-0.15, -0.1) is 0 Å². The van der Waals surface area contributed by atoms with Crippen LogP contribution in [0.1, 0.15) is 60.8 Å². The Morgan fingerprint density at radius 1 is 0.762 bits per heavy atom. The molecule has 0 aromatic heterocycles. The Bertz CT molecular complexity index is 554. The summed E-state index contributed by atoms with van der Waals surface area (Å²) in [6.45, 7) is 4.53. The molecule has 21 heavy (non-hydrogen) atoms. The van der Waals surface area contributed by atoms with E-state index in [0.717, 1.165) is 18.3 Å². The zero-order chi connectivity index (χ0) is 14.7. The summed E-state index contributed by atoms with van der Waals surface area (Å²) >= 11 is 0. The number of benzene rings is 2. The second-order valence-corrected chi connectivity index (χ2v) is 6.86. The van der Waals surface area contributed by atoms with Crippen molar-refractivity contribution in [3.63, 3.8) is 0 Å². The molecule has 0 radical (unpaired) electrons. The molecule has 0 unspecified atom stereocenters. The smallest absolute Gasteiger partial charge is 0.00258 e. The largest absolute Gasteiger partial charge is 0.0625 e. The first-order chi connectivity index (χ1) is 10.2. The van der Waals surface area contributed by atoms with Crippen molar-refractivity contribution in [2.45, 2.75) is 51.9 Å². The lowest BCUT2D eigenvalue weighted by Crippen LogP contribution is -2.10. The maximum atomic E-state index is 2.39. The van der Waals surface area contributed by atoms with Crippen molar-refractivity contribution in [1.29, 1.82) is 0 Å². The quantitative estimate of drug-likeness (QED) is 0.657. The molecule has 2 aromatic rings. The summed E-state index contributed by atoms with van der Waals surface area (Å²) in [6, 6.07) is 18.3. The maximum absolute atomic E-state index is 2.39. The van der Waals surface area contributed by atoms with Crippen LogP contribution < -0.4 is 0 Å². The Hall–Kier alpha value is -1.56. The second kappa shape index (κ2) is 6.47. The number of hydrogen-bond acceptors (Lipinski definition) is 0. The normalized spacial score (nSPS) is 22.2. The van der Waals surface area contributed by atoms with Crippen LogP contribution in [0.5, 0.6) is 0 Å². The Kier molecular flexibility index (Phi) is 4.43. The van der Waals surface area contributed by atoms with E-state index in [0.29, 0.717) is 0 Å². The van der Waals surface area contributed by atoms with Gasteiger partial charge in [0.05, 0.1) is 0 Å². The van der Waals surface area contributed by atoms with Crippen LogP contribution in [0.2, 0.25) is 0 Å². The summed E-state index contributed by atoms with van der Waals surface area (Å²) in [6.07, 6.45) is 6.59. The van der Waals surface area contributed by atoms with Crippen molar-refractivity contribution in [2.24, 2.45) is 5.92 Å². The summed E-state index contributed by atoms with van der Waals surface area (Å²) in [4.78, 5) is 0. The lowest BCUT2D eigenvalue weighted by atomic mass is 9.79. The summed E-state index contributed by atoms with van der Waals surface area (Å²) in [5.41, 5.74) is 5.71. The average molecular weight is 278 g/mol. The van der Waals surface area contributed by atoms with Crippen molar-refractivity contribution in [3.05, 3.63) is 70.8 Å². The standard InChI is InChI=1S/C21H26/c1-16-3-7-18(8-4-16)15-19-9-13-21(14-10-19)20-11-5-17(2)6-12-20/h3-4,7-10,13-14,17,20H,5-6,11-12,15H2,1-2H3. The zero-order valence-corrected chi connectivity index (χ0v) is 13.3. The Balaban J connectivity index is 1.65. The van der Waals surface area contributed by atoms with Crippen LogP contribution in [-0.4, -0.2) is 0 Å². The minimum Gasteiger partial charge on any atom is -0.0625 e. The van der Waals surface area contributed by atoms with Gasteiger partial charge in [-0.2, -0.15) is 0 Å². The summed E-state index contributed by atoms with van der Waals surface area (Å²) in [5, 5.41) is 0. The third kappa shape index (κ3) is 3.75. The molecular formula is C21H26. The van der Waals surface area contributed by atoms with Gasteiger partial charge in [-0.3, -0.25) is 0 Å². The van der Waals surface area contributed by atoms with Crippen LogP contribution in [-0.2, 0) is 6.42 Å². The first-order valence-electron chi connectivity index (χ1n) is 8.35.